The molecule has 0 bridgehead atoms. The van der Waals surface area contributed by atoms with Crippen LogP contribution in [-0.4, -0.2) is 58.2 Å². The lowest BCUT2D eigenvalue weighted by Gasteiger charge is -2.31. The van der Waals surface area contributed by atoms with Crippen LogP contribution in [0.1, 0.15) is 18.5 Å². The van der Waals surface area contributed by atoms with E-state index >= 15 is 0 Å². The standard InChI is InChI=1S/C16H19N3O4/c1-9(20)7-19-8-12-13(15(19)22)14(17-16(23)18(12)2)10-3-5-11(21)6-4-10/h3-6,9,14,20-21H,7-8H2,1-2H3,(H,17,23)/t9-,14+/m0/s1. The fourth-order valence-electron chi connectivity index (χ4n) is 3.01. The van der Waals surface area contributed by atoms with Gasteiger partial charge in [0.25, 0.3) is 5.91 Å². The number of hydrogen-bond acceptors (Lipinski definition) is 4. The van der Waals surface area contributed by atoms with Gasteiger partial charge in [-0.3, -0.25) is 9.69 Å². The number of phenolic OH excluding ortho intramolecular Hbond substituents is 1. The number of likely N-dealkylation sites (N-methyl/N-ethyl adjacent to an activating group) is 1. The average molecular weight is 317 g/mol. The van der Waals surface area contributed by atoms with Crippen molar-refractivity contribution in [1.82, 2.24) is 15.1 Å². The van der Waals surface area contributed by atoms with E-state index in [9.17, 15) is 19.8 Å². The number of amides is 3. The Morgan fingerprint density at radius 2 is 1.96 bits per heavy atom. The fraction of sp³-hybridized carbons (Fsp3) is 0.375. The molecule has 0 unspecified atom stereocenters. The Morgan fingerprint density at radius 3 is 2.57 bits per heavy atom. The van der Waals surface area contributed by atoms with Crippen molar-refractivity contribution in [2.24, 2.45) is 0 Å². The minimum absolute atomic E-state index is 0.121. The molecule has 0 fully saturated rings. The van der Waals surface area contributed by atoms with Gasteiger partial charge >= 0.3 is 6.03 Å². The van der Waals surface area contributed by atoms with Gasteiger partial charge in [-0.1, -0.05) is 12.1 Å². The Labute approximate surface area is 133 Å². The number of carbonyl (C=O) groups is 2. The van der Waals surface area contributed by atoms with Crippen LogP contribution in [0.15, 0.2) is 35.5 Å². The van der Waals surface area contributed by atoms with Gasteiger partial charge in [0.1, 0.15) is 5.75 Å². The van der Waals surface area contributed by atoms with Crippen LogP contribution in [0.3, 0.4) is 0 Å². The van der Waals surface area contributed by atoms with Gasteiger partial charge in [-0.15, -0.1) is 0 Å². The number of phenols is 1. The van der Waals surface area contributed by atoms with E-state index in [4.69, 9.17) is 0 Å². The van der Waals surface area contributed by atoms with Gasteiger partial charge in [0.2, 0.25) is 0 Å². The second-order valence-electron chi connectivity index (χ2n) is 5.93. The number of nitrogens with one attached hydrogen (secondary N) is 1. The lowest BCUT2D eigenvalue weighted by Crippen LogP contribution is -2.45. The van der Waals surface area contributed by atoms with Crippen molar-refractivity contribution in [3.8, 4) is 5.75 Å². The first-order chi connectivity index (χ1) is 10.9. The van der Waals surface area contributed by atoms with Crippen LogP contribution < -0.4 is 5.32 Å². The van der Waals surface area contributed by atoms with Gasteiger partial charge in [0.15, 0.2) is 0 Å². The molecule has 3 N–H and O–H groups in total. The normalized spacial score (nSPS) is 22.3. The van der Waals surface area contributed by atoms with Crippen LogP contribution >= 0.6 is 0 Å². The topological polar surface area (TPSA) is 93.1 Å². The third kappa shape index (κ3) is 2.63. The minimum Gasteiger partial charge on any atom is -0.508 e. The summed E-state index contributed by atoms with van der Waals surface area (Å²) in [5.41, 5.74) is 1.89. The Bertz CT molecular complexity index is 681. The molecule has 3 amide bonds. The molecule has 1 aromatic carbocycles. The highest BCUT2D eigenvalue weighted by Gasteiger charge is 2.42. The maximum Gasteiger partial charge on any atom is 0.322 e. The number of benzene rings is 1. The van der Waals surface area contributed by atoms with Crippen molar-refractivity contribution >= 4 is 11.9 Å². The summed E-state index contributed by atoms with van der Waals surface area (Å²) in [6.07, 6.45) is -0.638. The number of nitrogens with zero attached hydrogens (tertiary/aromatic N) is 2. The predicted molar refractivity (Wildman–Crippen MR) is 82.4 cm³/mol. The van der Waals surface area contributed by atoms with Crippen LogP contribution in [0.4, 0.5) is 4.79 Å². The summed E-state index contributed by atoms with van der Waals surface area (Å²) >= 11 is 0. The molecule has 2 aliphatic rings. The molecule has 1 aromatic rings. The van der Waals surface area contributed by atoms with E-state index in [1.807, 2.05) is 0 Å². The zero-order chi connectivity index (χ0) is 16.7. The van der Waals surface area contributed by atoms with Crippen LogP contribution in [-0.2, 0) is 4.79 Å². The summed E-state index contributed by atoms with van der Waals surface area (Å²) in [5, 5.41) is 21.8. The van der Waals surface area contributed by atoms with E-state index in [0.29, 0.717) is 17.8 Å². The number of rotatable bonds is 3. The molecule has 0 spiro atoms. The lowest BCUT2D eigenvalue weighted by atomic mass is 9.95. The number of aromatic hydroxyl groups is 1. The highest BCUT2D eigenvalue weighted by molar-refractivity contribution is 6.01. The second kappa shape index (κ2) is 5.58. The number of urea groups is 1. The minimum atomic E-state index is -0.638. The van der Waals surface area contributed by atoms with E-state index in [2.05, 4.69) is 5.32 Å². The molecular weight excluding hydrogens is 298 g/mol. The molecule has 0 saturated heterocycles. The molecule has 2 aliphatic heterocycles. The van der Waals surface area contributed by atoms with E-state index in [1.165, 1.54) is 17.0 Å². The Morgan fingerprint density at radius 1 is 1.30 bits per heavy atom. The summed E-state index contributed by atoms with van der Waals surface area (Å²) in [6.45, 7) is 2.14. The molecular formula is C16H19N3O4. The second-order valence-corrected chi connectivity index (χ2v) is 5.93. The molecule has 0 saturated carbocycles. The van der Waals surface area contributed by atoms with Gasteiger partial charge < -0.3 is 20.4 Å². The summed E-state index contributed by atoms with van der Waals surface area (Å²) in [7, 11) is 1.62. The fourth-order valence-corrected chi connectivity index (χ4v) is 3.01. The number of carbonyl (C=O) groups excluding carboxylic acids is 2. The molecule has 7 nitrogen and oxygen atoms in total. The zero-order valence-electron chi connectivity index (χ0n) is 13.0. The summed E-state index contributed by atoms with van der Waals surface area (Å²) in [6, 6.07) is 5.57. The van der Waals surface area contributed by atoms with Crippen LogP contribution in [0.5, 0.6) is 5.75 Å². The molecule has 0 aromatic heterocycles. The first-order valence-corrected chi connectivity index (χ1v) is 7.42. The first-order valence-electron chi connectivity index (χ1n) is 7.42. The monoisotopic (exact) mass is 317 g/mol. The number of aliphatic hydroxyl groups is 1. The number of hydrogen-bond donors (Lipinski definition) is 3. The van der Waals surface area contributed by atoms with Crippen molar-refractivity contribution in [3.05, 3.63) is 41.1 Å². The largest absolute Gasteiger partial charge is 0.508 e. The Hall–Kier alpha value is -2.54. The molecule has 2 heterocycles. The molecule has 7 heteroatoms. The van der Waals surface area contributed by atoms with Gasteiger partial charge in [0.05, 0.1) is 30.0 Å². The van der Waals surface area contributed by atoms with Crippen molar-refractivity contribution in [1.29, 1.82) is 0 Å². The SMILES string of the molecule is C[C@H](O)CN1CC2=C(C1=O)[C@@H](c1ccc(O)cc1)NC(=O)N2C. The predicted octanol–water partition coefficient (Wildman–Crippen LogP) is 0.565. The lowest BCUT2D eigenvalue weighted by molar-refractivity contribution is -0.126. The van der Waals surface area contributed by atoms with E-state index in [1.54, 1.807) is 31.0 Å². The average Bonchev–Trinajstić information content (AvgIpc) is 2.81. The first kappa shape index (κ1) is 15.4. The Kier molecular flexibility index (Phi) is 3.73. The van der Waals surface area contributed by atoms with Gasteiger partial charge in [0, 0.05) is 13.6 Å². The van der Waals surface area contributed by atoms with E-state index in [-0.39, 0.29) is 24.2 Å². The van der Waals surface area contributed by atoms with E-state index in [0.717, 1.165) is 5.56 Å². The maximum absolute atomic E-state index is 12.7. The number of β-amino-alcohol motifs (C(OH)–C–C–N with tert-alkyl or cyclic N) is 1. The molecule has 0 aliphatic carbocycles. The molecule has 3 rings (SSSR count). The van der Waals surface area contributed by atoms with Gasteiger partial charge in [-0.05, 0) is 24.6 Å². The molecule has 122 valence electrons. The van der Waals surface area contributed by atoms with Crippen LogP contribution in [0.2, 0.25) is 0 Å². The quantitative estimate of drug-likeness (QED) is 0.759. The van der Waals surface area contributed by atoms with Gasteiger partial charge in [-0.2, -0.15) is 0 Å². The van der Waals surface area contributed by atoms with Crippen molar-refractivity contribution in [3.63, 3.8) is 0 Å². The molecule has 2 atom stereocenters. The Balaban J connectivity index is 1.99. The zero-order valence-corrected chi connectivity index (χ0v) is 13.0. The third-order valence-corrected chi connectivity index (χ3v) is 4.15. The van der Waals surface area contributed by atoms with Crippen molar-refractivity contribution in [2.75, 3.05) is 20.1 Å². The van der Waals surface area contributed by atoms with Crippen LogP contribution in [0, 0.1) is 0 Å². The number of aliphatic hydroxyl groups excluding tert-OH is 1. The van der Waals surface area contributed by atoms with Gasteiger partial charge in [-0.25, -0.2) is 4.79 Å². The summed E-state index contributed by atoms with van der Waals surface area (Å²) in [4.78, 5) is 27.9. The van der Waals surface area contributed by atoms with Crippen LogP contribution in [0.25, 0.3) is 0 Å². The summed E-state index contributed by atoms with van der Waals surface area (Å²) < 4.78 is 0. The third-order valence-electron chi connectivity index (χ3n) is 4.15. The highest BCUT2D eigenvalue weighted by Crippen LogP contribution is 2.35. The van der Waals surface area contributed by atoms with E-state index < -0.39 is 12.1 Å². The van der Waals surface area contributed by atoms with Crippen molar-refractivity contribution in [2.45, 2.75) is 19.1 Å². The van der Waals surface area contributed by atoms with Crippen molar-refractivity contribution < 1.29 is 19.8 Å². The smallest absolute Gasteiger partial charge is 0.322 e. The molecule has 0 radical (unpaired) electrons. The molecule has 23 heavy (non-hydrogen) atoms. The maximum atomic E-state index is 12.7. The summed E-state index contributed by atoms with van der Waals surface area (Å²) in [5.74, 6) is -0.0680. The highest BCUT2D eigenvalue weighted by atomic mass is 16.3.